The molecule has 0 fully saturated rings. The molecule has 0 aliphatic rings. The number of amides is 1. The number of carbonyl (C=O) groups is 1. The zero-order chi connectivity index (χ0) is 10.7. The first-order valence-corrected chi connectivity index (χ1v) is 3.67. The van der Waals surface area contributed by atoms with Gasteiger partial charge < -0.3 is 10.5 Å². The summed E-state index contributed by atoms with van der Waals surface area (Å²) in [4.78, 5) is 10.8. The standard InChI is InChI=1S/C9H7FN2O2/c1-14-8-2-5(4-11)6(9(12)13)3-7(8)10/h2-3H,1H3,(H2,12,13). The van der Waals surface area contributed by atoms with Crippen molar-refractivity contribution in [1.29, 1.82) is 5.26 Å². The molecule has 0 spiro atoms. The molecule has 1 rings (SSSR count). The minimum atomic E-state index is -0.844. The molecule has 0 unspecified atom stereocenters. The fraction of sp³-hybridized carbons (Fsp3) is 0.111. The lowest BCUT2D eigenvalue weighted by atomic mass is 10.1. The highest BCUT2D eigenvalue weighted by atomic mass is 19.1. The fourth-order valence-corrected chi connectivity index (χ4v) is 1.01. The smallest absolute Gasteiger partial charge is 0.250 e. The second-order valence-corrected chi connectivity index (χ2v) is 2.51. The van der Waals surface area contributed by atoms with Crippen molar-refractivity contribution in [3.63, 3.8) is 0 Å². The maximum atomic E-state index is 13.1. The molecule has 0 saturated heterocycles. The van der Waals surface area contributed by atoms with E-state index in [0.29, 0.717) is 0 Å². The second kappa shape index (κ2) is 3.75. The average Bonchev–Trinajstić information content (AvgIpc) is 2.17. The third kappa shape index (κ3) is 1.64. The number of benzene rings is 1. The van der Waals surface area contributed by atoms with Gasteiger partial charge in [0.15, 0.2) is 11.6 Å². The number of hydrogen-bond donors (Lipinski definition) is 1. The van der Waals surface area contributed by atoms with Crippen LogP contribution in [-0.4, -0.2) is 13.0 Å². The maximum Gasteiger partial charge on any atom is 0.250 e. The predicted octanol–water partition coefficient (Wildman–Crippen LogP) is 0.805. The summed E-state index contributed by atoms with van der Waals surface area (Å²) in [6.07, 6.45) is 0. The molecule has 0 bridgehead atoms. The molecule has 0 aliphatic heterocycles. The summed E-state index contributed by atoms with van der Waals surface area (Å²) in [5.41, 5.74) is 4.80. The van der Waals surface area contributed by atoms with Crippen molar-refractivity contribution in [3.05, 3.63) is 29.1 Å². The van der Waals surface area contributed by atoms with Gasteiger partial charge in [0, 0.05) is 6.07 Å². The molecular weight excluding hydrogens is 187 g/mol. The Hall–Kier alpha value is -2.09. The molecular formula is C9H7FN2O2. The number of nitrogens with zero attached hydrogens (tertiary/aromatic N) is 1. The molecule has 2 N–H and O–H groups in total. The largest absolute Gasteiger partial charge is 0.494 e. The Morgan fingerprint density at radius 2 is 2.29 bits per heavy atom. The number of nitrogens with two attached hydrogens (primary N) is 1. The Kier molecular flexibility index (Phi) is 2.67. The Morgan fingerprint density at radius 3 is 2.71 bits per heavy atom. The van der Waals surface area contributed by atoms with Crippen molar-refractivity contribution >= 4 is 5.91 Å². The number of halogens is 1. The summed E-state index contributed by atoms with van der Waals surface area (Å²) < 4.78 is 17.7. The SMILES string of the molecule is COc1cc(C#N)c(C(N)=O)cc1F. The Morgan fingerprint density at radius 1 is 1.64 bits per heavy atom. The summed E-state index contributed by atoms with van der Waals surface area (Å²) >= 11 is 0. The lowest BCUT2D eigenvalue weighted by Gasteiger charge is -2.04. The van der Waals surface area contributed by atoms with Gasteiger partial charge in [0.1, 0.15) is 6.07 Å². The van der Waals surface area contributed by atoms with Gasteiger partial charge in [-0.1, -0.05) is 0 Å². The molecule has 72 valence electrons. The van der Waals surface area contributed by atoms with E-state index in [0.717, 1.165) is 12.1 Å². The van der Waals surface area contributed by atoms with Gasteiger partial charge in [-0.15, -0.1) is 0 Å². The molecule has 0 aliphatic carbocycles. The van der Waals surface area contributed by atoms with Gasteiger partial charge in [0.05, 0.1) is 18.2 Å². The first kappa shape index (κ1) is 9.99. The third-order valence-electron chi connectivity index (χ3n) is 1.68. The lowest BCUT2D eigenvalue weighted by Crippen LogP contribution is -2.13. The van der Waals surface area contributed by atoms with E-state index in [9.17, 15) is 9.18 Å². The first-order valence-electron chi connectivity index (χ1n) is 3.67. The van der Waals surface area contributed by atoms with E-state index in [-0.39, 0.29) is 16.9 Å². The van der Waals surface area contributed by atoms with Crippen LogP contribution >= 0.6 is 0 Å². The first-order chi connectivity index (χ1) is 6.60. The number of rotatable bonds is 2. The highest BCUT2D eigenvalue weighted by Crippen LogP contribution is 2.21. The molecule has 5 heteroatoms. The van der Waals surface area contributed by atoms with Crippen LogP contribution in [0.1, 0.15) is 15.9 Å². The molecule has 0 radical (unpaired) electrons. The molecule has 1 aromatic carbocycles. The molecule has 0 aromatic heterocycles. The molecule has 1 amide bonds. The van der Waals surface area contributed by atoms with Crippen LogP contribution in [0.2, 0.25) is 0 Å². The lowest BCUT2D eigenvalue weighted by molar-refractivity contribution is 0.0999. The summed E-state index contributed by atoms with van der Waals surface area (Å²) in [5.74, 6) is -1.66. The number of primary amides is 1. The average molecular weight is 194 g/mol. The number of nitriles is 1. The van der Waals surface area contributed by atoms with Crippen molar-refractivity contribution in [2.75, 3.05) is 7.11 Å². The number of ether oxygens (including phenoxy) is 1. The molecule has 14 heavy (non-hydrogen) atoms. The normalized spacial score (nSPS) is 9.21. The second-order valence-electron chi connectivity index (χ2n) is 2.51. The Labute approximate surface area is 79.7 Å². The van der Waals surface area contributed by atoms with E-state index in [4.69, 9.17) is 11.0 Å². The quantitative estimate of drug-likeness (QED) is 0.756. The van der Waals surface area contributed by atoms with Crippen molar-refractivity contribution < 1.29 is 13.9 Å². The summed E-state index contributed by atoms with van der Waals surface area (Å²) in [7, 11) is 1.27. The predicted molar refractivity (Wildman–Crippen MR) is 46.2 cm³/mol. The van der Waals surface area contributed by atoms with Gasteiger partial charge in [-0.25, -0.2) is 4.39 Å². The van der Waals surface area contributed by atoms with Crippen LogP contribution in [0.15, 0.2) is 12.1 Å². The van der Waals surface area contributed by atoms with Crippen LogP contribution in [0.5, 0.6) is 5.75 Å². The van der Waals surface area contributed by atoms with Gasteiger partial charge in [-0.3, -0.25) is 4.79 Å². The molecule has 4 nitrogen and oxygen atoms in total. The Balaban J connectivity index is 3.41. The van der Waals surface area contributed by atoms with Crippen LogP contribution in [0, 0.1) is 17.1 Å². The van der Waals surface area contributed by atoms with Gasteiger partial charge >= 0.3 is 0 Å². The number of carbonyl (C=O) groups excluding carboxylic acids is 1. The van der Waals surface area contributed by atoms with Gasteiger partial charge in [0.25, 0.3) is 0 Å². The van der Waals surface area contributed by atoms with Crippen LogP contribution < -0.4 is 10.5 Å². The van der Waals surface area contributed by atoms with E-state index >= 15 is 0 Å². The van der Waals surface area contributed by atoms with Gasteiger partial charge in [-0.05, 0) is 6.07 Å². The van der Waals surface area contributed by atoms with E-state index in [1.54, 1.807) is 6.07 Å². The zero-order valence-corrected chi connectivity index (χ0v) is 7.37. The maximum absolute atomic E-state index is 13.1. The van der Waals surface area contributed by atoms with E-state index in [1.165, 1.54) is 7.11 Å². The summed E-state index contributed by atoms with van der Waals surface area (Å²) in [5, 5.41) is 8.64. The fourth-order valence-electron chi connectivity index (χ4n) is 1.01. The Bertz CT molecular complexity index is 424. The van der Waals surface area contributed by atoms with Gasteiger partial charge in [0.2, 0.25) is 5.91 Å². The van der Waals surface area contributed by atoms with E-state index in [2.05, 4.69) is 4.74 Å². The molecule has 0 atom stereocenters. The minimum absolute atomic E-state index is 0.00394. The molecule has 0 saturated carbocycles. The van der Waals surface area contributed by atoms with Gasteiger partial charge in [-0.2, -0.15) is 5.26 Å². The van der Waals surface area contributed by atoms with Crippen LogP contribution in [-0.2, 0) is 0 Å². The highest BCUT2D eigenvalue weighted by molar-refractivity contribution is 5.95. The van der Waals surface area contributed by atoms with Crippen LogP contribution in [0.4, 0.5) is 4.39 Å². The molecule has 1 aromatic rings. The van der Waals surface area contributed by atoms with E-state index < -0.39 is 11.7 Å². The third-order valence-corrected chi connectivity index (χ3v) is 1.68. The number of hydrogen-bond acceptors (Lipinski definition) is 3. The summed E-state index contributed by atoms with van der Waals surface area (Å²) in [6.45, 7) is 0. The van der Waals surface area contributed by atoms with Crippen LogP contribution in [0.3, 0.4) is 0 Å². The van der Waals surface area contributed by atoms with Crippen molar-refractivity contribution in [3.8, 4) is 11.8 Å². The zero-order valence-electron chi connectivity index (χ0n) is 7.37. The van der Waals surface area contributed by atoms with Crippen molar-refractivity contribution in [2.45, 2.75) is 0 Å². The summed E-state index contributed by atoms with van der Waals surface area (Å²) in [6, 6.07) is 3.75. The van der Waals surface area contributed by atoms with E-state index in [1.807, 2.05) is 0 Å². The van der Waals surface area contributed by atoms with Crippen molar-refractivity contribution in [2.24, 2.45) is 5.73 Å². The molecule has 0 heterocycles. The topological polar surface area (TPSA) is 76.1 Å². The van der Waals surface area contributed by atoms with Crippen molar-refractivity contribution in [1.82, 2.24) is 0 Å². The highest BCUT2D eigenvalue weighted by Gasteiger charge is 2.13. The monoisotopic (exact) mass is 194 g/mol. The minimum Gasteiger partial charge on any atom is -0.494 e. The van der Waals surface area contributed by atoms with Crippen LogP contribution in [0.25, 0.3) is 0 Å². The number of methoxy groups -OCH3 is 1.